The lowest BCUT2D eigenvalue weighted by atomic mass is 10.0. The van der Waals surface area contributed by atoms with Crippen molar-refractivity contribution in [3.8, 4) is 0 Å². The Bertz CT molecular complexity index is 757. The minimum atomic E-state index is -0.177. The van der Waals surface area contributed by atoms with Gasteiger partial charge in [-0.15, -0.1) is 0 Å². The summed E-state index contributed by atoms with van der Waals surface area (Å²) < 4.78 is 0. The first kappa shape index (κ1) is 21.1. The zero-order valence-corrected chi connectivity index (χ0v) is 17.6. The van der Waals surface area contributed by atoms with Gasteiger partial charge in [0.25, 0.3) is 0 Å². The van der Waals surface area contributed by atoms with Crippen LogP contribution in [0.15, 0.2) is 48.7 Å². The van der Waals surface area contributed by atoms with Gasteiger partial charge in [0.2, 0.25) is 0 Å². The van der Waals surface area contributed by atoms with Crippen LogP contribution in [0.1, 0.15) is 32.3 Å². The summed E-state index contributed by atoms with van der Waals surface area (Å²) in [6, 6.07) is 14.3. The Morgan fingerprint density at radius 1 is 1.10 bits per heavy atom. The summed E-state index contributed by atoms with van der Waals surface area (Å²) in [4.78, 5) is 21.8. The molecule has 2 heterocycles. The van der Waals surface area contributed by atoms with E-state index in [1.165, 1.54) is 18.4 Å². The molecule has 0 spiro atoms. The molecule has 29 heavy (non-hydrogen) atoms. The van der Waals surface area contributed by atoms with E-state index in [0.717, 1.165) is 44.1 Å². The van der Waals surface area contributed by atoms with Crippen LogP contribution in [0.3, 0.4) is 0 Å². The smallest absolute Gasteiger partial charge is 0.319 e. The lowest BCUT2D eigenvalue weighted by molar-refractivity contribution is 0.207. The summed E-state index contributed by atoms with van der Waals surface area (Å²) in [5, 5.41) is 6.09. The maximum Gasteiger partial charge on any atom is 0.319 e. The molecule has 0 radical (unpaired) electrons. The minimum absolute atomic E-state index is 0.177. The minimum Gasteiger partial charge on any atom is -0.355 e. The van der Waals surface area contributed by atoms with Crippen molar-refractivity contribution in [2.75, 3.05) is 42.9 Å². The van der Waals surface area contributed by atoms with Crippen LogP contribution in [0.4, 0.5) is 16.3 Å². The summed E-state index contributed by atoms with van der Waals surface area (Å²) >= 11 is 0. The zero-order chi connectivity index (χ0) is 20.5. The summed E-state index contributed by atoms with van der Waals surface area (Å²) in [6.07, 6.45) is 5.04. The maximum absolute atomic E-state index is 12.6. The molecule has 3 rings (SSSR count). The van der Waals surface area contributed by atoms with Crippen molar-refractivity contribution in [1.82, 2.24) is 15.2 Å². The first-order chi connectivity index (χ1) is 14.2. The number of hydrogen-bond donors (Lipinski definition) is 2. The van der Waals surface area contributed by atoms with Crippen molar-refractivity contribution in [3.05, 3.63) is 54.2 Å². The molecule has 156 valence electrons. The molecule has 2 amide bonds. The van der Waals surface area contributed by atoms with Crippen molar-refractivity contribution in [2.45, 2.75) is 39.2 Å². The predicted octanol–water partition coefficient (Wildman–Crippen LogP) is 3.76. The van der Waals surface area contributed by atoms with Gasteiger partial charge in [0, 0.05) is 31.9 Å². The van der Waals surface area contributed by atoms with Crippen molar-refractivity contribution in [3.63, 3.8) is 0 Å². The van der Waals surface area contributed by atoms with Crippen LogP contribution >= 0.6 is 0 Å². The predicted molar refractivity (Wildman–Crippen MR) is 120 cm³/mol. The number of likely N-dealkylation sites (N-methyl/N-ethyl adjacent to an activating group) is 1. The van der Waals surface area contributed by atoms with E-state index in [2.05, 4.69) is 63.5 Å². The van der Waals surface area contributed by atoms with Gasteiger partial charge >= 0.3 is 6.03 Å². The van der Waals surface area contributed by atoms with Gasteiger partial charge in [-0.25, -0.2) is 9.78 Å². The van der Waals surface area contributed by atoms with Crippen LogP contribution in [-0.4, -0.2) is 54.7 Å². The Hall–Kier alpha value is -2.60. The number of rotatable bonds is 9. The second-order valence-electron chi connectivity index (χ2n) is 7.47. The summed E-state index contributed by atoms with van der Waals surface area (Å²) in [5.74, 6) is 0.865. The molecule has 1 fully saturated rings. The highest BCUT2D eigenvalue weighted by Gasteiger charge is 2.20. The highest BCUT2D eigenvalue weighted by atomic mass is 16.2. The largest absolute Gasteiger partial charge is 0.355 e. The van der Waals surface area contributed by atoms with E-state index >= 15 is 0 Å². The number of aromatic nitrogens is 1. The fourth-order valence-electron chi connectivity index (χ4n) is 4.01. The lowest BCUT2D eigenvalue weighted by Gasteiger charge is -2.30. The quantitative estimate of drug-likeness (QED) is 0.679. The van der Waals surface area contributed by atoms with Gasteiger partial charge in [-0.3, -0.25) is 4.90 Å². The number of pyridine rings is 1. The molecule has 2 N–H and O–H groups in total. The van der Waals surface area contributed by atoms with Gasteiger partial charge in [0.1, 0.15) is 0 Å². The molecule has 1 aromatic carbocycles. The number of amides is 2. The van der Waals surface area contributed by atoms with E-state index in [0.29, 0.717) is 6.54 Å². The summed E-state index contributed by atoms with van der Waals surface area (Å²) in [7, 11) is 0. The zero-order valence-electron chi connectivity index (χ0n) is 17.6. The average Bonchev–Trinajstić information content (AvgIpc) is 3.28. The van der Waals surface area contributed by atoms with Crippen LogP contribution in [0.25, 0.3) is 0 Å². The fourth-order valence-corrected chi connectivity index (χ4v) is 4.01. The molecular weight excluding hydrogens is 362 g/mol. The highest BCUT2D eigenvalue weighted by molar-refractivity contribution is 5.92. The van der Waals surface area contributed by atoms with Gasteiger partial charge < -0.3 is 15.5 Å². The molecule has 1 aliphatic heterocycles. The summed E-state index contributed by atoms with van der Waals surface area (Å²) in [6.45, 7) is 8.83. The van der Waals surface area contributed by atoms with Crippen LogP contribution in [-0.2, 0) is 6.42 Å². The number of nitrogens with zero attached hydrogens (tertiary/aromatic N) is 3. The molecule has 1 unspecified atom stereocenters. The average molecular weight is 396 g/mol. The molecule has 1 atom stereocenters. The number of urea groups is 1. The van der Waals surface area contributed by atoms with E-state index in [-0.39, 0.29) is 12.1 Å². The Kier molecular flexibility index (Phi) is 7.87. The Morgan fingerprint density at radius 3 is 2.52 bits per heavy atom. The van der Waals surface area contributed by atoms with E-state index in [9.17, 15) is 4.79 Å². The molecule has 6 nitrogen and oxygen atoms in total. The third-order valence-corrected chi connectivity index (χ3v) is 5.58. The molecule has 0 aliphatic carbocycles. The van der Waals surface area contributed by atoms with Crippen molar-refractivity contribution in [2.24, 2.45) is 0 Å². The number of anilines is 2. The number of carbonyl (C=O) groups excluding carboxylic acids is 1. The van der Waals surface area contributed by atoms with Gasteiger partial charge in [-0.2, -0.15) is 0 Å². The second kappa shape index (κ2) is 10.8. The molecule has 1 aliphatic rings. The standard InChI is InChI=1S/C23H33N5O/c1-3-27(4-2)20(17-19-11-6-5-7-12-19)18-25-23(29)26-21-13-10-14-24-22(21)28-15-8-9-16-28/h5-7,10-14,20H,3-4,8-9,15-18H2,1-2H3,(H2,25,26,29). The van der Waals surface area contributed by atoms with Gasteiger partial charge in [0.15, 0.2) is 5.82 Å². The van der Waals surface area contributed by atoms with Crippen LogP contribution in [0.5, 0.6) is 0 Å². The monoisotopic (exact) mass is 395 g/mol. The number of benzene rings is 1. The third-order valence-electron chi connectivity index (χ3n) is 5.58. The van der Waals surface area contributed by atoms with Gasteiger partial charge in [-0.1, -0.05) is 44.2 Å². The van der Waals surface area contributed by atoms with Crippen LogP contribution in [0, 0.1) is 0 Å². The van der Waals surface area contributed by atoms with Crippen LogP contribution < -0.4 is 15.5 Å². The number of nitrogens with one attached hydrogen (secondary N) is 2. The number of carbonyl (C=O) groups is 1. The van der Waals surface area contributed by atoms with Gasteiger partial charge in [-0.05, 0) is 50.0 Å². The van der Waals surface area contributed by atoms with Gasteiger partial charge in [0.05, 0.1) is 5.69 Å². The first-order valence-electron chi connectivity index (χ1n) is 10.7. The molecule has 1 saturated heterocycles. The molecule has 6 heteroatoms. The van der Waals surface area contributed by atoms with Crippen LogP contribution in [0.2, 0.25) is 0 Å². The fraction of sp³-hybridized carbons (Fsp3) is 0.478. The topological polar surface area (TPSA) is 60.5 Å². The SMILES string of the molecule is CCN(CC)C(CNC(=O)Nc1cccnc1N1CCCC1)Cc1ccccc1. The first-order valence-corrected chi connectivity index (χ1v) is 10.7. The van der Waals surface area contributed by atoms with E-state index < -0.39 is 0 Å². The Morgan fingerprint density at radius 2 is 1.83 bits per heavy atom. The molecule has 0 bridgehead atoms. The molecule has 1 aromatic heterocycles. The summed E-state index contributed by atoms with van der Waals surface area (Å²) in [5.41, 5.74) is 2.06. The van der Waals surface area contributed by atoms with E-state index in [1.54, 1.807) is 6.20 Å². The lowest BCUT2D eigenvalue weighted by Crippen LogP contribution is -2.46. The van der Waals surface area contributed by atoms with Crippen molar-refractivity contribution < 1.29 is 4.79 Å². The normalized spacial score (nSPS) is 14.8. The third kappa shape index (κ3) is 5.94. The number of hydrogen-bond acceptors (Lipinski definition) is 4. The highest BCUT2D eigenvalue weighted by Crippen LogP contribution is 2.25. The van der Waals surface area contributed by atoms with E-state index in [4.69, 9.17) is 0 Å². The van der Waals surface area contributed by atoms with E-state index in [1.807, 2.05) is 18.2 Å². The Labute approximate surface area is 174 Å². The van der Waals surface area contributed by atoms with Crippen molar-refractivity contribution in [1.29, 1.82) is 0 Å². The molecule has 2 aromatic rings. The molecular formula is C23H33N5O. The Balaban J connectivity index is 1.61. The maximum atomic E-state index is 12.6. The van der Waals surface area contributed by atoms with Crippen molar-refractivity contribution >= 4 is 17.5 Å². The second-order valence-corrected chi connectivity index (χ2v) is 7.47. The molecule has 0 saturated carbocycles.